The molecule has 0 fully saturated rings. The topological polar surface area (TPSA) is 26.0 Å². The summed E-state index contributed by atoms with van der Waals surface area (Å²) in [7, 11) is 0. The van der Waals surface area contributed by atoms with Gasteiger partial charge in [0.25, 0.3) is 0 Å². The average molecular weight is 115 g/mol. The van der Waals surface area contributed by atoms with Crippen molar-refractivity contribution in [2.45, 2.75) is 39.7 Å². The van der Waals surface area contributed by atoms with Crippen LogP contribution < -0.4 is 5.73 Å². The predicted octanol–water partition coefficient (Wildman–Crippen LogP) is 1.77. The molecule has 50 valence electrons. The fourth-order valence-corrected chi connectivity index (χ4v) is 0.705. The number of hydrogen-bond acceptors (Lipinski definition) is 1. The van der Waals surface area contributed by atoms with Crippen LogP contribution in [0.5, 0.6) is 0 Å². The van der Waals surface area contributed by atoms with Crippen LogP contribution in [0.1, 0.15) is 33.6 Å². The lowest BCUT2D eigenvalue weighted by Gasteiger charge is -2.14. The van der Waals surface area contributed by atoms with Crippen molar-refractivity contribution in [1.82, 2.24) is 0 Å². The highest BCUT2D eigenvalue weighted by Gasteiger charge is 2.05. The van der Waals surface area contributed by atoms with E-state index in [0.29, 0.717) is 12.0 Å². The molecule has 0 aromatic carbocycles. The van der Waals surface area contributed by atoms with E-state index in [4.69, 9.17) is 5.73 Å². The van der Waals surface area contributed by atoms with Gasteiger partial charge in [0.2, 0.25) is 0 Å². The maximum absolute atomic E-state index is 5.73. The first kappa shape index (κ1) is 7.96. The van der Waals surface area contributed by atoms with Crippen molar-refractivity contribution in [3.05, 3.63) is 0 Å². The fourth-order valence-electron chi connectivity index (χ4n) is 0.705. The van der Waals surface area contributed by atoms with Gasteiger partial charge in [-0.3, -0.25) is 0 Å². The molecule has 0 saturated carbocycles. The Balaban J connectivity index is 3.29. The van der Waals surface area contributed by atoms with E-state index in [2.05, 4.69) is 20.8 Å². The molecule has 0 amide bonds. The first-order chi connectivity index (χ1) is 3.72. The van der Waals surface area contributed by atoms with E-state index in [9.17, 15) is 0 Å². The third-order valence-electron chi connectivity index (χ3n) is 1.85. The minimum Gasteiger partial charge on any atom is -0.327 e. The fraction of sp³-hybridized carbons (Fsp3) is 1.00. The molecule has 0 aromatic heterocycles. The highest BCUT2D eigenvalue weighted by Crippen LogP contribution is 2.06. The van der Waals surface area contributed by atoms with E-state index < -0.39 is 0 Å². The molecule has 1 nitrogen and oxygen atoms in total. The second kappa shape index (κ2) is 3.90. The van der Waals surface area contributed by atoms with Crippen LogP contribution in [0.15, 0.2) is 0 Å². The van der Waals surface area contributed by atoms with Crippen LogP contribution in [0.2, 0.25) is 0 Å². The summed E-state index contributed by atoms with van der Waals surface area (Å²) in [5.74, 6) is 0.694. The third-order valence-corrected chi connectivity index (χ3v) is 1.85. The molecule has 0 rings (SSSR count). The number of nitrogens with two attached hydrogens (primary N) is 1. The molecule has 0 aromatic rings. The Morgan fingerprint density at radius 3 is 1.88 bits per heavy atom. The monoisotopic (exact) mass is 115 g/mol. The summed E-state index contributed by atoms with van der Waals surface area (Å²) < 4.78 is 0. The predicted molar refractivity (Wildman–Crippen MR) is 37.7 cm³/mol. The Bertz CT molecular complexity index is 44.3. The lowest BCUT2D eigenvalue weighted by molar-refractivity contribution is 0.432. The van der Waals surface area contributed by atoms with Crippen molar-refractivity contribution in [2.75, 3.05) is 0 Å². The van der Waals surface area contributed by atoms with E-state index in [1.807, 2.05) is 0 Å². The minimum atomic E-state index is 0.417. The van der Waals surface area contributed by atoms with Gasteiger partial charge in [-0.15, -0.1) is 0 Å². The van der Waals surface area contributed by atoms with Gasteiger partial charge in [0.05, 0.1) is 0 Å². The van der Waals surface area contributed by atoms with Crippen LogP contribution in [-0.2, 0) is 0 Å². The van der Waals surface area contributed by atoms with Crippen molar-refractivity contribution in [3.8, 4) is 0 Å². The molecule has 0 aliphatic heterocycles. The summed E-state index contributed by atoms with van der Waals surface area (Å²) in [6, 6.07) is 0.417. The summed E-state index contributed by atoms with van der Waals surface area (Å²) >= 11 is 0. The summed E-state index contributed by atoms with van der Waals surface area (Å²) in [6.45, 7) is 6.52. The van der Waals surface area contributed by atoms with Crippen LogP contribution in [0.3, 0.4) is 0 Å². The first-order valence-corrected chi connectivity index (χ1v) is 3.47. The van der Waals surface area contributed by atoms with Gasteiger partial charge in [0.1, 0.15) is 0 Å². The van der Waals surface area contributed by atoms with Gasteiger partial charge >= 0.3 is 0 Å². The largest absolute Gasteiger partial charge is 0.327 e. The molecule has 0 bridgehead atoms. The zero-order valence-corrected chi connectivity index (χ0v) is 6.15. The first-order valence-electron chi connectivity index (χ1n) is 3.47. The van der Waals surface area contributed by atoms with E-state index in [-0.39, 0.29) is 0 Å². The van der Waals surface area contributed by atoms with Gasteiger partial charge in [-0.05, 0) is 12.3 Å². The second-order valence-corrected chi connectivity index (χ2v) is 2.46. The van der Waals surface area contributed by atoms with Crippen molar-refractivity contribution < 1.29 is 0 Å². The summed E-state index contributed by atoms with van der Waals surface area (Å²) in [6.07, 6.45) is 2.31. The molecule has 0 radical (unpaired) electrons. The van der Waals surface area contributed by atoms with E-state index in [1.54, 1.807) is 0 Å². The molecule has 2 N–H and O–H groups in total. The molecule has 8 heavy (non-hydrogen) atoms. The molecular formula is C7H17N. The Hall–Kier alpha value is -0.0400. The van der Waals surface area contributed by atoms with Gasteiger partial charge in [0.15, 0.2) is 0 Å². The lowest BCUT2D eigenvalue weighted by Crippen LogP contribution is -2.26. The molecule has 0 saturated heterocycles. The molecule has 0 spiro atoms. The second-order valence-electron chi connectivity index (χ2n) is 2.46. The van der Waals surface area contributed by atoms with E-state index in [0.717, 1.165) is 6.42 Å². The standard InChI is InChI=1S/C7H17N/c1-4-6(3)7(8)5-2/h6-7H,4-5,8H2,1-3H3/t6?,7-/m1/s1. The Labute approximate surface area is 52.3 Å². The molecule has 1 heteroatoms. The van der Waals surface area contributed by atoms with Gasteiger partial charge in [-0.25, -0.2) is 0 Å². The van der Waals surface area contributed by atoms with Crippen LogP contribution in [0, 0.1) is 5.92 Å². The minimum absolute atomic E-state index is 0.417. The molecule has 1 unspecified atom stereocenters. The Morgan fingerprint density at radius 2 is 1.75 bits per heavy atom. The molecule has 0 aliphatic rings. The molecule has 2 atom stereocenters. The zero-order chi connectivity index (χ0) is 6.57. The van der Waals surface area contributed by atoms with E-state index in [1.165, 1.54) is 6.42 Å². The molecular weight excluding hydrogens is 98.1 g/mol. The Morgan fingerprint density at radius 1 is 1.25 bits per heavy atom. The van der Waals surface area contributed by atoms with Crippen LogP contribution in [0.25, 0.3) is 0 Å². The van der Waals surface area contributed by atoms with Crippen molar-refractivity contribution in [2.24, 2.45) is 11.7 Å². The highest BCUT2D eigenvalue weighted by atomic mass is 14.6. The zero-order valence-electron chi connectivity index (χ0n) is 6.15. The van der Waals surface area contributed by atoms with Crippen molar-refractivity contribution in [3.63, 3.8) is 0 Å². The maximum Gasteiger partial charge on any atom is 0.00618 e. The molecule has 0 aliphatic carbocycles. The van der Waals surface area contributed by atoms with Gasteiger partial charge in [-0.2, -0.15) is 0 Å². The normalized spacial score (nSPS) is 18.0. The summed E-state index contributed by atoms with van der Waals surface area (Å²) in [4.78, 5) is 0. The smallest absolute Gasteiger partial charge is 0.00618 e. The third kappa shape index (κ3) is 2.31. The Kier molecular flexibility index (Phi) is 3.88. The van der Waals surface area contributed by atoms with Gasteiger partial charge in [0, 0.05) is 6.04 Å². The number of hydrogen-bond donors (Lipinski definition) is 1. The van der Waals surface area contributed by atoms with Crippen molar-refractivity contribution in [1.29, 1.82) is 0 Å². The van der Waals surface area contributed by atoms with Gasteiger partial charge < -0.3 is 5.73 Å². The van der Waals surface area contributed by atoms with Gasteiger partial charge in [-0.1, -0.05) is 27.2 Å². The molecule has 0 heterocycles. The van der Waals surface area contributed by atoms with Crippen LogP contribution in [-0.4, -0.2) is 6.04 Å². The quantitative estimate of drug-likeness (QED) is 0.596. The summed E-state index contributed by atoms with van der Waals surface area (Å²) in [5, 5.41) is 0. The highest BCUT2D eigenvalue weighted by molar-refractivity contribution is 4.64. The van der Waals surface area contributed by atoms with Crippen molar-refractivity contribution >= 4 is 0 Å². The SMILES string of the molecule is CCC(C)[C@H](N)CC. The number of rotatable bonds is 3. The lowest BCUT2D eigenvalue weighted by atomic mass is 9.98. The maximum atomic E-state index is 5.73. The van der Waals surface area contributed by atoms with Crippen LogP contribution in [0.4, 0.5) is 0 Å². The summed E-state index contributed by atoms with van der Waals surface area (Å²) in [5.41, 5.74) is 5.73. The average Bonchev–Trinajstić information content (AvgIpc) is 1.84. The van der Waals surface area contributed by atoms with E-state index >= 15 is 0 Å². The van der Waals surface area contributed by atoms with Crippen LogP contribution >= 0.6 is 0 Å².